The Labute approximate surface area is 39.3 Å². The molecule has 0 saturated heterocycles. The highest BCUT2D eigenvalue weighted by molar-refractivity contribution is 3.97. The van der Waals surface area contributed by atoms with Crippen molar-refractivity contribution in [3.63, 3.8) is 0 Å². The van der Waals surface area contributed by atoms with E-state index < -0.39 is 5.02 Å². The Balaban J connectivity index is -0.0000000750. The molecule has 0 spiro atoms. The molecule has 0 heterocycles. The molecular formula is H3N3O4. The molecule has 0 fully saturated rings. The fourth-order valence-corrected chi connectivity index (χ4v) is 0. The summed E-state index contributed by atoms with van der Waals surface area (Å²) < 4.78 is 0. The van der Waals surface area contributed by atoms with E-state index in [1.807, 2.05) is 0 Å². The monoisotopic (exact) mass is 109 g/mol. The van der Waals surface area contributed by atoms with Crippen molar-refractivity contribution in [2.45, 2.75) is 0 Å². The molecule has 0 aliphatic heterocycles. The lowest BCUT2D eigenvalue weighted by Crippen LogP contribution is -1.80. The van der Waals surface area contributed by atoms with Crippen LogP contribution in [0.2, 0.25) is 0 Å². The van der Waals surface area contributed by atoms with E-state index in [2.05, 4.69) is 5.59 Å². The van der Waals surface area contributed by atoms with E-state index >= 15 is 0 Å². The molecule has 0 rings (SSSR count). The molecule has 42 valence electrons. The maximum atomic E-state index is 8.76. The second-order valence-corrected chi connectivity index (χ2v) is 0.327. The zero-order chi connectivity index (χ0) is 6.28. The minimum Gasteiger partial charge on any atom is -0.585 e. The first-order valence-corrected chi connectivity index (χ1v) is 0.969. The van der Waals surface area contributed by atoms with Gasteiger partial charge in [-0.2, -0.15) is 4.91 Å². The number of nitroso groups, excluding NO2 is 1. The van der Waals surface area contributed by atoms with Gasteiger partial charge in [0.1, 0.15) is 0 Å². The highest BCUT2D eigenvalue weighted by Crippen LogP contribution is 1.57. The summed E-state index contributed by atoms with van der Waals surface area (Å²) in [6, 6.07) is 0. The van der Waals surface area contributed by atoms with Gasteiger partial charge in [-0.05, 0) is 5.02 Å². The predicted octanol–water partition coefficient (Wildman–Crippen LogP) is 0.280. The molecule has 0 aromatic heterocycles. The molecule has 0 bridgehead atoms. The summed E-state index contributed by atoms with van der Waals surface area (Å²) in [7, 11) is 0. The van der Waals surface area contributed by atoms with E-state index in [1.165, 1.54) is 0 Å². The molecule has 2 N–H and O–H groups in total. The largest absolute Gasteiger partial charge is 1.00 e. The van der Waals surface area contributed by atoms with Crippen molar-refractivity contribution in [2.24, 2.45) is 5.28 Å². The quantitative estimate of drug-likeness (QED) is 0.263. The first-order chi connectivity index (χ1) is 3.27. The molecule has 0 aromatic carbocycles. The van der Waals surface area contributed by atoms with Crippen LogP contribution in [-0.2, 0) is 0 Å². The van der Waals surface area contributed by atoms with Crippen molar-refractivity contribution < 1.29 is 11.7 Å². The van der Waals surface area contributed by atoms with Crippen LogP contribution in [-0.4, -0.2) is 10.2 Å². The zero-order valence-electron chi connectivity index (χ0n) is 4.07. The minimum atomic E-state index is -1.19. The fourth-order valence-electron chi connectivity index (χ4n) is 0. The third-order valence-corrected chi connectivity index (χ3v) is 0.0730. The molecule has 7 nitrogen and oxygen atoms in total. The van der Waals surface area contributed by atoms with Gasteiger partial charge in [-0.25, -0.2) is 0 Å². The topological polar surface area (TPSA) is 123 Å². The van der Waals surface area contributed by atoms with Crippen molar-refractivity contribution in [3.8, 4) is 0 Å². The van der Waals surface area contributed by atoms with E-state index in [1.54, 1.807) is 5.28 Å². The molecule has 7 heavy (non-hydrogen) atoms. The molecule has 0 radical (unpaired) electrons. The van der Waals surface area contributed by atoms with Crippen molar-refractivity contribution in [3.05, 3.63) is 15.3 Å². The first kappa shape index (κ1) is 9.14. The average molecular weight is 109 g/mol. The highest BCUT2D eigenvalue weighted by Gasteiger charge is 1.54. The SMILES string of the molecule is N=O.[H+].[O-][N+]([O-])=NO. The van der Waals surface area contributed by atoms with Crippen LogP contribution in [0.25, 0.3) is 0 Å². The van der Waals surface area contributed by atoms with Gasteiger partial charge in [-0.3, -0.25) is 0 Å². The summed E-state index contributed by atoms with van der Waals surface area (Å²) in [5.74, 6) is 0. The number of hydrogen-bond acceptors (Lipinski definition) is 5. The Morgan fingerprint density at radius 1 is 1.71 bits per heavy atom. The summed E-state index contributed by atoms with van der Waals surface area (Å²) >= 11 is 0. The Morgan fingerprint density at radius 3 is 1.86 bits per heavy atom. The van der Waals surface area contributed by atoms with Crippen LogP contribution < -0.4 is 0 Å². The second-order valence-electron chi connectivity index (χ2n) is 0.327. The van der Waals surface area contributed by atoms with Crippen LogP contribution in [0.3, 0.4) is 0 Å². The van der Waals surface area contributed by atoms with Gasteiger partial charge in [-0.15, -0.1) is 0 Å². The van der Waals surface area contributed by atoms with Crippen LogP contribution in [0.1, 0.15) is 1.43 Å². The van der Waals surface area contributed by atoms with Crippen LogP contribution in [0.15, 0.2) is 5.28 Å². The molecule has 0 aromatic rings. The Hall–Kier alpha value is -1.40. The van der Waals surface area contributed by atoms with E-state index in [0.29, 0.717) is 0 Å². The number of hydrogen-bond donors (Lipinski definition) is 2. The van der Waals surface area contributed by atoms with Gasteiger partial charge in [-0.1, -0.05) is 5.59 Å². The Bertz CT molecular complexity index is 58.3. The van der Waals surface area contributed by atoms with Crippen LogP contribution in [0, 0.1) is 20.9 Å². The van der Waals surface area contributed by atoms with Gasteiger partial charge in [0.25, 0.3) is 0 Å². The molecule has 0 aliphatic carbocycles. The summed E-state index contributed by atoms with van der Waals surface area (Å²) in [6.45, 7) is 0. The number of nitrogens with one attached hydrogen (secondary N) is 1. The third kappa shape index (κ3) is 86.4. The van der Waals surface area contributed by atoms with Gasteiger partial charge < -0.3 is 15.6 Å². The third-order valence-electron chi connectivity index (χ3n) is 0.0730. The summed E-state index contributed by atoms with van der Waals surface area (Å²) in [6.07, 6.45) is 0. The fraction of sp³-hybridized carbons (Fsp3) is 0. The molecular weight excluding hydrogens is 106 g/mol. The standard InChI is InChI=1S/HN2O3.HNO/c3-1-2(4)5;1-2/h(H-,1,3,4,5);1H/q-1;/p+1. The van der Waals surface area contributed by atoms with E-state index in [-0.39, 0.29) is 1.43 Å². The molecule has 0 unspecified atom stereocenters. The average Bonchev–Trinajstić information content (AvgIpc) is 1.73. The molecule has 0 amide bonds. The molecule has 0 aliphatic rings. The first-order valence-electron chi connectivity index (χ1n) is 0.969. The van der Waals surface area contributed by atoms with Gasteiger partial charge in [0.05, 0.1) is 0 Å². The Morgan fingerprint density at radius 2 is 1.86 bits per heavy atom. The maximum absolute atomic E-state index is 8.76. The van der Waals surface area contributed by atoms with Gasteiger partial charge >= 0.3 is 1.43 Å². The van der Waals surface area contributed by atoms with Crippen LogP contribution >= 0.6 is 0 Å². The molecule has 7 heteroatoms. The van der Waals surface area contributed by atoms with Crippen LogP contribution in [0.5, 0.6) is 0 Å². The highest BCUT2D eigenvalue weighted by atomic mass is 16.8. The van der Waals surface area contributed by atoms with E-state index in [0.717, 1.165) is 0 Å². The summed E-state index contributed by atoms with van der Waals surface area (Å²) in [5, 5.41) is 25.0. The lowest BCUT2D eigenvalue weighted by Gasteiger charge is -1.89. The second kappa shape index (κ2) is 8.82. The number of rotatable bonds is 0. The molecule has 0 saturated carbocycles. The lowest BCUT2D eigenvalue weighted by molar-refractivity contribution is -0.489. The van der Waals surface area contributed by atoms with Crippen molar-refractivity contribution >= 4 is 0 Å². The van der Waals surface area contributed by atoms with E-state index in [4.69, 9.17) is 20.5 Å². The van der Waals surface area contributed by atoms with Gasteiger partial charge in [0.2, 0.25) is 5.28 Å². The Kier molecular flexibility index (Phi) is 11.5. The summed E-state index contributed by atoms with van der Waals surface area (Å²) in [4.78, 5) is 7.50. The minimum absolute atomic E-state index is 0. The summed E-state index contributed by atoms with van der Waals surface area (Å²) in [5.41, 5.74) is 4.50. The van der Waals surface area contributed by atoms with Crippen molar-refractivity contribution in [1.29, 1.82) is 5.59 Å². The molecule has 0 atom stereocenters. The smallest absolute Gasteiger partial charge is 0.585 e. The maximum Gasteiger partial charge on any atom is 1.00 e. The van der Waals surface area contributed by atoms with Gasteiger partial charge in [0, 0.05) is 0 Å². The van der Waals surface area contributed by atoms with Gasteiger partial charge in [0.15, 0.2) is 0 Å². The zero-order valence-corrected chi connectivity index (χ0v) is 3.07. The van der Waals surface area contributed by atoms with E-state index in [9.17, 15) is 0 Å². The lowest BCUT2D eigenvalue weighted by atomic mass is 12.8. The predicted molar refractivity (Wildman–Crippen MR) is 18.4 cm³/mol. The van der Waals surface area contributed by atoms with Crippen molar-refractivity contribution in [1.82, 2.24) is 0 Å². The van der Waals surface area contributed by atoms with Crippen molar-refractivity contribution in [2.75, 3.05) is 0 Å². The number of nitrogens with zero attached hydrogens (tertiary/aromatic N) is 2. The normalized spacial score (nSPS) is 5.14. The van der Waals surface area contributed by atoms with Crippen LogP contribution in [0.4, 0.5) is 0 Å².